The molecule has 2 aliphatic rings. The van der Waals surface area contributed by atoms with Gasteiger partial charge >= 0.3 is 12.1 Å². The third-order valence-corrected chi connectivity index (χ3v) is 5.84. The summed E-state index contributed by atoms with van der Waals surface area (Å²) in [6, 6.07) is -0.170. The van der Waals surface area contributed by atoms with Crippen LogP contribution in [0.3, 0.4) is 0 Å². The predicted molar refractivity (Wildman–Crippen MR) is 129 cm³/mol. The lowest BCUT2D eigenvalue weighted by Gasteiger charge is -2.36. The van der Waals surface area contributed by atoms with E-state index in [0.717, 1.165) is 12.8 Å². The summed E-state index contributed by atoms with van der Waals surface area (Å²) in [5, 5.41) is 5.80. The number of hydrogen-bond acceptors (Lipinski definition) is 5. The highest BCUT2D eigenvalue weighted by molar-refractivity contribution is 5.84. The Morgan fingerprint density at radius 1 is 0.765 bits per heavy atom. The zero-order chi connectivity index (χ0) is 25.5. The fraction of sp³-hybridized carbons (Fsp3) is 0.833. The molecule has 10 nitrogen and oxygen atoms in total. The highest BCUT2D eigenvalue weighted by atomic mass is 16.6. The SMILES string of the molecule is CC(C)(C)NC(=O)NCC1CCN(C(=O)CCC(=O)N2CCN(C(=O)OC(C)(C)C)CC2)CC1. The smallest absolute Gasteiger partial charge is 0.410 e. The molecule has 0 atom stereocenters. The molecule has 5 amide bonds. The quantitative estimate of drug-likeness (QED) is 0.625. The number of likely N-dealkylation sites (tertiary alicyclic amines) is 1. The molecule has 2 N–H and O–H groups in total. The van der Waals surface area contributed by atoms with E-state index in [2.05, 4.69) is 10.6 Å². The van der Waals surface area contributed by atoms with Crippen molar-refractivity contribution in [3.8, 4) is 0 Å². The van der Waals surface area contributed by atoms with E-state index in [1.165, 1.54) is 0 Å². The molecule has 0 aromatic carbocycles. The summed E-state index contributed by atoms with van der Waals surface area (Å²) in [6.07, 6.45) is 1.69. The molecule has 2 rings (SSSR count). The number of urea groups is 1. The molecule has 2 heterocycles. The van der Waals surface area contributed by atoms with Gasteiger partial charge < -0.3 is 30.1 Å². The van der Waals surface area contributed by atoms with Crippen molar-refractivity contribution < 1.29 is 23.9 Å². The van der Waals surface area contributed by atoms with Crippen molar-refractivity contribution in [2.24, 2.45) is 5.92 Å². The summed E-state index contributed by atoms with van der Waals surface area (Å²) in [7, 11) is 0. The molecule has 194 valence electrons. The Morgan fingerprint density at radius 2 is 1.24 bits per heavy atom. The Morgan fingerprint density at radius 3 is 1.71 bits per heavy atom. The first kappa shape index (κ1) is 27.7. The minimum Gasteiger partial charge on any atom is -0.444 e. The van der Waals surface area contributed by atoms with Crippen LogP contribution >= 0.6 is 0 Å². The minimum absolute atomic E-state index is 0.00220. The number of carbonyl (C=O) groups excluding carboxylic acids is 4. The maximum atomic E-state index is 12.6. The van der Waals surface area contributed by atoms with E-state index in [1.807, 2.05) is 46.4 Å². The van der Waals surface area contributed by atoms with Gasteiger partial charge in [0.15, 0.2) is 0 Å². The highest BCUT2D eigenvalue weighted by Gasteiger charge is 2.29. The number of piperidine rings is 1. The molecule has 2 fully saturated rings. The van der Waals surface area contributed by atoms with Crippen molar-refractivity contribution in [1.82, 2.24) is 25.3 Å². The lowest BCUT2D eigenvalue weighted by molar-refractivity contribution is -0.138. The first-order valence-electron chi connectivity index (χ1n) is 12.3. The summed E-state index contributed by atoms with van der Waals surface area (Å²) >= 11 is 0. The van der Waals surface area contributed by atoms with Crippen molar-refractivity contribution in [3.63, 3.8) is 0 Å². The molecule has 2 saturated heterocycles. The molecule has 0 aromatic heterocycles. The molecule has 0 aromatic rings. The van der Waals surface area contributed by atoms with Crippen LogP contribution in [-0.4, -0.2) is 95.6 Å². The Bertz CT molecular complexity index is 727. The zero-order valence-electron chi connectivity index (χ0n) is 21.7. The average molecular weight is 482 g/mol. The molecular weight excluding hydrogens is 438 g/mol. The molecule has 0 aliphatic carbocycles. The van der Waals surface area contributed by atoms with E-state index in [0.29, 0.717) is 51.7 Å². The van der Waals surface area contributed by atoms with Crippen LogP contribution in [0, 0.1) is 5.92 Å². The lowest BCUT2D eigenvalue weighted by atomic mass is 9.96. The first-order valence-corrected chi connectivity index (χ1v) is 12.3. The van der Waals surface area contributed by atoms with Crippen molar-refractivity contribution in [1.29, 1.82) is 0 Å². The van der Waals surface area contributed by atoms with Crippen LogP contribution in [0.4, 0.5) is 9.59 Å². The molecule has 10 heteroatoms. The van der Waals surface area contributed by atoms with Gasteiger partial charge in [0.1, 0.15) is 5.60 Å². The van der Waals surface area contributed by atoms with Gasteiger partial charge in [0.05, 0.1) is 0 Å². The number of rotatable bonds is 5. The van der Waals surface area contributed by atoms with E-state index in [1.54, 1.807) is 9.80 Å². The average Bonchev–Trinajstić information content (AvgIpc) is 2.74. The van der Waals surface area contributed by atoms with Crippen LogP contribution < -0.4 is 10.6 Å². The van der Waals surface area contributed by atoms with Gasteiger partial charge in [-0.15, -0.1) is 0 Å². The second-order valence-electron chi connectivity index (χ2n) is 11.3. The fourth-order valence-electron chi connectivity index (χ4n) is 4.00. The summed E-state index contributed by atoms with van der Waals surface area (Å²) < 4.78 is 5.38. The summed E-state index contributed by atoms with van der Waals surface area (Å²) in [5.41, 5.74) is -0.820. The number of nitrogens with one attached hydrogen (secondary N) is 2. The molecule has 34 heavy (non-hydrogen) atoms. The molecule has 0 bridgehead atoms. The normalized spacial score (nSPS) is 17.9. The Balaban J connectivity index is 1.64. The molecule has 0 saturated carbocycles. The molecule has 0 unspecified atom stereocenters. The van der Waals surface area contributed by atoms with E-state index >= 15 is 0 Å². The largest absolute Gasteiger partial charge is 0.444 e. The highest BCUT2D eigenvalue weighted by Crippen LogP contribution is 2.18. The van der Waals surface area contributed by atoms with Crippen LogP contribution in [0.15, 0.2) is 0 Å². The summed E-state index contributed by atoms with van der Waals surface area (Å²) in [4.78, 5) is 54.4. The summed E-state index contributed by atoms with van der Waals surface area (Å²) in [5.74, 6) is 0.288. The van der Waals surface area contributed by atoms with E-state index in [9.17, 15) is 19.2 Å². The predicted octanol–water partition coefficient (Wildman–Crippen LogP) is 2.18. The second-order valence-corrected chi connectivity index (χ2v) is 11.3. The first-order chi connectivity index (χ1) is 15.7. The zero-order valence-corrected chi connectivity index (χ0v) is 21.7. The van der Waals surface area contributed by atoms with Crippen molar-refractivity contribution in [2.45, 2.75) is 78.4 Å². The fourth-order valence-corrected chi connectivity index (χ4v) is 4.00. The van der Waals surface area contributed by atoms with E-state index < -0.39 is 5.60 Å². The maximum Gasteiger partial charge on any atom is 0.410 e. The monoisotopic (exact) mass is 481 g/mol. The van der Waals surface area contributed by atoms with Crippen LogP contribution in [0.1, 0.15) is 67.2 Å². The van der Waals surface area contributed by atoms with Crippen molar-refractivity contribution in [2.75, 3.05) is 45.8 Å². The van der Waals surface area contributed by atoms with Gasteiger partial charge in [0.2, 0.25) is 11.8 Å². The van der Waals surface area contributed by atoms with Crippen LogP contribution in [0.5, 0.6) is 0 Å². The number of amides is 5. The van der Waals surface area contributed by atoms with Gasteiger partial charge in [0, 0.05) is 64.2 Å². The van der Waals surface area contributed by atoms with Crippen LogP contribution in [0.2, 0.25) is 0 Å². The standard InChI is InChI=1S/C24H43N5O5/c1-23(2,3)26-21(32)25-17-18-9-11-27(12-10-18)19(30)7-8-20(31)28-13-15-29(16-14-28)22(33)34-24(4,5)6/h18H,7-17H2,1-6H3,(H2,25,26,32). The Kier molecular flexibility index (Phi) is 9.58. The molecule has 2 aliphatic heterocycles. The number of carbonyl (C=O) groups is 4. The van der Waals surface area contributed by atoms with Crippen LogP contribution in [-0.2, 0) is 14.3 Å². The summed E-state index contributed by atoms with van der Waals surface area (Å²) in [6.45, 7) is 15.0. The molecule has 0 spiro atoms. The van der Waals surface area contributed by atoms with Gasteiger partial charge in [0.25, 0.3) is 0 Å². The second kappa shape index (κ2) is 11.8. The van der Waals surface area contributed by atoms with E-state index in [-0.39, 0.29) is 42.3 Å². The Hall–Kier alpha value is -2.52. The topological polar surface area (TPSA) is 111 Å². The van der Waals surface area contributed by atoms with Crippen molar-refractivity contribution >= 4 is 23.9 Å². The Labute approximate surface area is 203 Å². The maximum absolute atomic E-state index is 12.6. The van der Waals surface area contributed by atoms with Gasteiger partial charge in [-0.1, -0.05) is 0 Å². The number of piperazine rings is 1. The number of ether oxygens (including phenoxy) is 1. The molecule has 0 radical (unpaired) electrons. The molecular formula is C24H43N5O5. The van der Waals surface area contributed by atoms with Crippen molar-refractivity contribution in [3.05, 3.63) is 0 Å². The van der Waals surface area contributed by atoms with Gasteiger partial charge in [-0.05, 0) is 60.3 Å². The third kappa shape index (κ3) is 9.77. The van der Waals surface area contributed by atoms with Gasteiger partial charge in [-0.2, -0.15) is 0 Å². The lowest BCUT2D eigenvalue weighted by Crippen LogP contribution is -2.51. The number of nitrogens with zero attached hydrogens (tertiary/aromatic N) is 3. The van der Waals surface area contributed by atoms with E-state index in [4.69, 9.17) is 4.74 Å². The third-order valence-electron chi connectivity index (χ3n) is 5.84. The minimum atomic E-state index is -0.545. The number of hydrogen-bond donors (Lipinski definition) is 2. The van der Waals surface area contributed by atoms with Crippen LogP contribution in [0.25, 0.3) is 0 Å². The van der Waals surface area contributed by atoms with Gasteiger partial charge in [-0.3, -0.25) is 9.59 Å². The van der Waals surface area contributed by atoms with Gasteiger partial charge in [-0.25, -0.2) is 9.59 Å².